The van der Waals surface area contributed by atoms with Gasteiger partial charge in [-0.25, -0.2) is 4.79 Å². The number of rotatable bonds is 16. The summed E-state index contributed by atoms with van der Waals surface area (Å²) in [6.45, 7) is 0.390. The van der Waals surface area contributed by atoms with Crippen molar-refractivity contribution in [2.24, 2.45) is 32.9 Å². The van der Waals surface area contributed by atoms with Gasteiger partial charge in [0.25, 0.3) is 5.69 Å². The molecule has 0 spiro atoms. The minimum absolute atomic E-state index is 0. The van der Waals surface area contributed by atoms with Crippen molar-refractivity contribution in [2.45, 2.75) is 44.4 Å². The van der Waals surface area contributed by atoms with E-state index in [0.717, 1.165) is 5.56 Å². The van der Waals surface area contributed by atoms with Crippen LogP contribution in [0.3, 0.4) is 0 Å². The van der Waals surface area contributed by atoms with Gasteiger partial charge in [-0.15, -0.1) is 37.2 Å². The van der Waals surface area contributed by atoms with Gasteiger partial charge < -0.3 is 43.6 Å². The van der Waals surface area contributed by atoms with Crippen LogP contribution >= 0.6 is 37.2 Å². The number of halogens is 3. The number of nitro benzene ring substituents is 1. The fourth-order valence-corrected chi connectivity index (χ4v) is 3.62. The first-order valence-corrected chi connectivity index (χ1v) is 13.0. The number of nitrogens with one attached hydrogen (secondary N) is 3. The minimum Gasteiger partial charge on any atom is -0.445 e. The summed E-state index contributed by atoms with van der Waals surface area (Å²) in [7, 11) is 0. The highest BCUT2D eigenvalue weighted by atomic mass is 35.5. The zero-order valence-electron chi connectivity index (χ0n) is 24.1. The molecule has 2 rings (SSSR count). The Morgan fingerprint density at radius 3 is 1.78 bits per heavy atom. The first-order chi connectivity index (χ1) is 20.0. The first kappa shape index (κ1) is 42.6. The van der Waals surface area contributed by atoms with Crippen molar-refractivity contribution in [3.63, 3.8) is 0 Å². The number of hydrogen-bond donors (Lipinski definition) is 7. The Labute approximate surface area is 278 Å². The average molecular weight is 694 g/mol. The topological polar surface area (TPSA) is 268 Å². The molecule has 45 heavy (non-hydrogen) atoms. The fraction of sp³-hybridized carbons (Fsp3) is 0.346. The third kappa shape index (κ3) is 17.4. The Morgan fingerprint density at radius 2 is 1.29 bits per heavy atom. The van der Waals surface area contributed by atoms with E-state index in [4.69, 9.17) is 27.7 Å². The number of hydrogen-bond acceptors (Lipinski definition) is 8. The van der Waals surface area contributed by atoms with Gasteiger partial charge in [0.2, 0.25) is 11.8 Å². The molecule has 2 atom stereocenters. The second-order valence-corrected chi connectivity index (χ2v) is 9.01. The highest BCUT2D eigenvalue weighted by molar-refractivity contribution is 5.98. The van der Waals surface area contributed by atoms with Gasteiger partial charge in [-0.2, -0.15) is 0 Å². The van der Waals surface area contributed by atoms with E-state index in [1.807, 2.05) is 6.07 Å². The lowest BCUT2D eigenvalue weighted by Crippen LogP contribution is -2.52. The van der Waals surface area contributed by atoms with Crippen LogP contribution in [0.2, 0.25) is 0 Å². The second kappa shape index (κ2) is 22.9. The summed E-state index contributed by atoms with van der Waals surface area (Å²) in [5.74, 6) is -1.48. The molecule has 19 heteroatoms. The summed E-state index contributed by atoms with van der Waals surface area (Å²) in [5, 5.41) is 18.7. The summed E-state index contributed by atoms with van der Waals surface area (Å²) in [5.41, 5.74) is 22.3. The van der Waals surface area contributed by atoms with Crippen molar-refractivity contribution in [3.8, 4) is 0 Å². The SMILES string of the molecule is Cl.Cl.Cl.NC(N)=NCCCC(NC(=O)OCc1ccccc1)C(=O)NC(CCCN=C(N)N)C(=O)Nc1ccc([N+](=O)[O-])cc1. The van der Waals surface area contributed by atoms with Gasteiger partial charge in [0.1, 0.15) is 18.7 Å². The number of alkyl carbamates (subject to hydrolysis) is 1. The van der Waals surface area contributed by atoms with E-state index >= 15 is 0 Å². The van der Waals surface area contributed by atoms with Gasteiger partial charge in [0.15, 0.2) is 11.9 Å². The van der Waals surface area contributed by atoms with Crippen molar-refractivity contribution < 1.29 is 24.0 Å². The molecule has 2 unspecified atom stereocenters. The van der Waals surface area contributed by atoms with Gasteiger partial charge in [0.05, 0.1) is 4.92 Å². The van der Waals surface area contributed by atoms with Crippen LogP contribution in [-0.2, 0) is 20.9 Å². The molecule has 250 valence electrons. The predicted octanol–water partition coefficient (Wildman–Crippen LogP) is 1.69. The van der Waals surface area contributed by atoms with Gasteiger partial charge >= 0.3 is 6.09 Å². The Balaban J connectivity index is 0. The van der Waals surface area contributed by atoms with Gasteiger partial charge in [0, 0.05) is 30.9 Å². The molecule has 0 radical (unpaired) electrons. The van der Waals surface area contributed by atoms with Crippen molar-refractivity contribution >= 4 is 78.4 Å². The number of amides is 3. The quantitative estimate of drug-likeness (QED) is 0.0439. The summed E-state index contributed by atoms with van der Waals surface area (Å²) in [4.78, 5) is 57.1. The normalized spacial score (nSPS) is 10.9. The van der Waals surface area contributed by atoms with E-state index in [2.05, 4.69) is 25.9 Å². The third-order valence-electron chi connectivity index (χ3n) is 5.69. The number of nitro groups is 1. The number of anilines is 1. The molecule has 16 nitrogen and oxygen atoms in total. The number of ether oxygens (including phenoxy) is 1. The molecule has 0 aliphatic heterocycles. The Morgan fingerprint density at radius 1 is 0.778 bits per heavy atom. The number of non-ortho nitro benzene ring substituents is 1. The molecule has 11 N–H and O–H groups in total. The summed E-state index contributed by atoms with van der Waals surface area (Å²) >= 11 is 0. The lowest BCUT2D eigenvalue weighted by atomic mass is 10.1. The number of carbonyl (C=O) groups excluding carboxylic acids is 3. The average Bonchev–Trinajstić information content (AvgIpc) is 2.95. The second-order valence-electron chi connectivity index (χ2n) is 9.01. The zero-order valence-corrected chi connectivity index (χ0v) is 26.6. The number of aliphatic imine (C=N–C) groups is 2. The number of guanidine groups is 2. The zero-order chi connectivity index (χ0) is 30.9. The summed E-state index contributed by atoms with van der Waals surface area (Å²) < 4.78 is 5.25. The molecule has 0 aliphatic carbocycles. The molecule has 0 saturated carbocycles. The highest BCUT2D eigenvalue weighted by Gasteiger charge is 2.27. The van der Waals surface area contributed by atoms with E-state index in [-0.39, 0.29) is 93.1 Å². The Bertz CT molecular complexity index is 1260. The van der Waals surface area contributed by atoms with Gasteiger partial charge in [-0.05, 0) is 43.4 Å². The van der Waals surface area contributed by atoms with Crippen molar-refractivity contribution in [1.82, 2.24) is 10.6 Å². The molecule has 2 aromatic carbocycles. The number of nitrogens with zero attached hydrogens (tertiary/aromatic N) is 3. The molecule has 3 amide bonds. The van der Waals surface area contributed by atoms with Crippen LogP contribution in [0.1, 0.15) is 31.2 Å². The Hall–Kier alpha value is -4.54. The third-order valence-corrected chi connectivity index (χ3v) is 5.69. The van der Waals surface area contributed by atoms with Crippen LogP contribution in [0.5, 0.6) is 0 Å². The van der Waals surface area contributed by atoms with E-state index in [1.54, 1.807) is 24.3 Å². The van der Waals surface area contributed by atoms with Crippen LogP contribution in [0, 0.1) is 10.1 Å². The molecule has 0 aliphatic rings. The smallest absolute Gasteiger partial charge is 0.408 e. The van der Waals surface area contributed by atoms with Crippen LogP contribution in [-0.4, -0.2) is 59.9 Å². The summed E-state index contributed by atoms with van der Waals surface area (Å²) in [6.07, 6.45) is 0.103. The maximum atomic E-state index is 13.3. The maximum Gasteiger partial charge on any atom is 0.408 e. The molecular weight excluding hydrogens is 655 g/mol. The predicted molar refractivity (Wildman–Crippen MR) is 179 cm³/mol. The van der Waals surface area contributed by atoms with Gasteiger partial charge in [-0.3, -0.25) is 29.7 Å². The molecular formula is C26H39Cl3N10O6. The van der Waals surface area contributed by atoms with E-state index in [0.29, 0.717) is 12.8 Å². The number of carbonyl (C=O) groups is 3. The van der Waals surface area contributed by atoms with E-state index < -0.39 is 34.9 Å². The van der Waals surface area contributed by atoms with Crippen LogP contribution in [0.15, 0.2) is 64.6 Å². The molecule has 0 heterocycles. The van der Waals surface area contributed by atoms with Crippen molar-refractivity contribution in [2.75, 3.05) is 18.4 Å². The van der Waals surface area contributed by atoms with Crippen molar-refractivity contribution in [3.05, 3.63) is 70.3 Å². The molecule has 0 bridgehead atoms. The molecule has 0 aromatic heterocycles. The maximum absolute atomic E-state index is 13.3. The van der Waals surface area contributed by atoms with Crippen LogP contribution < -0.4 is 38.9 Å². The summed E-state index contributed by atoms with van der Waals surface area (Å²) in [6, 6.07) is 12.0. The largest absolute Gasteiger partial charge is 0.445 e. The minimum atomic E-state index is -1.09. The van der Waals surface area contributed by atoms with E-state index in [9.17, 15) is 24.5 Å². The van der Waals surface area contributed by atoms with Gasteiger partial charge in [-0.1, -0.05) is 30.3 Å². The van der Waals surface area contributed by atoms with Crippen molar-refractivity contribution in [1.29, 1.82) is 0 Å². The Kier molecular flexibility index (Phi) is 21.7. The van der Waals surface area contributed by atoms with Crippen LogP contribution in [0.25, 0.3) is 0 Å². The first-order valence-electron chi connectivity index (χ1n) is 13.0. The number of benzene rings is 2. The lowest BCUT2D eigenvalue weighted by Gasteiger charge is -2.23. The molecule has 0 saturated heterocycles. The lowest BCUT2D eigenvalue weighted by molar-refractivity contribution is -0.384. The highest BCUT2D eigenvalue weighted by Crippen LogP contribution is 2.16. The molecule has 2 aromatic rings. The van der Waals surface area contributed by atoms with E-state index in [1.165, 1.54) is 24.3 Å². The number of nitrogens with two attached hydrogens (primary N) is 4. The standard InChI is InChI=1S/C26H36N10O6.3ClH/c27-24(28)31-14-4-8-20(22(37)33-18-10-12-19(13-11-18)36(40)41)34-23(38)21(9-5-15-32-25(29)30)35-26(39)42-16-17-6-2-1-3-7-17;;;/h1-3,6-7,10-13,20-21H,4-5,8-9,14-16H2,(H,33,37)(H,34,38)(H,35,39)(H4,27,28,31)(H4,29,30,32);3*1H. The van der Waals surface area contributed by atoms with Crippen LogP contribution in [0.4, 0.5) is 16.2 Å². The molecule has 0 fully saturated rings. The monoisotopic (exact) mass is 692 g/mol. The fourth-order valence-electron chi connectivity index (χ4n) is 3.62.